The Labute approximate surface area is 107 Å². The molecule has 1 aliphatic heterocycles. The Balaban J connectivity index is 1.95. The summed E-state index contributed by atoms with van der Waals surface area (Å²) >= 11 is 0. The predicted octanol–water partition coefficient (Wildman–Crippen LogP) is 1.43. The first-order valence-corrected chi connectivity index (χ1v) is 6.63. The number of amides is 1. The van der Waals surface area contributed by atoms with E-state index in [9.17, 15) is 4.79 Å². The highest BCUT2D eigenvalue weighted by Crippen LogP contribution is 2.35. The molecule has 1 aliphatic carbocycles. The molecule has 2 aliphatic rings. The lowest BCUT2D eigenvalue weighted by atomic mass is 9.90. The van der Waals surface area contributed by atoms with Gasteiger partial charge in [-0.15, -0.1) is 0 Å². The summed E-state index contributed by atoms with van der Waals surface area (Å²) in [5, 5.41) is 0. The third-order valence-electron chi connectivity index (χ3n) is 4.09. The van der Waals surface area contributed by atoms with E-state index in [1.807, 2.05) is 23.1 Å². The van der Waals surface area contributed by atoms with Crippen molar-refractivity contribution in [2.75, 3.05) is 10.6 Å². The zero-order chi connectivity index (χ0) is 12.7. The quantitative estimate of drug-likeness (QED) is 0.735. The van der Waals surface area contributed by atoms with Crippen LogP contribution in [0.3, 0.4) is 0 Å². The summed E-state index contributed by atoms with van der Waals surface area (Å²) in [6.07, 6.45) is 4.82. The lowest BCUT2D eigenvalue weighted by molar-refractivity contribution is -0.118. The number of fused-ring (bicyclic) bond motifs is 1. The maximum absolute atomic E-state index is 12.2. The topological polar surface area (TPSA) is 72.4 Å². The molecule has 96 valence electrons. The fourth-order valence-electron chi connectivity index (χ4n) is 3.19. The molecular formula is C14H19N3O. The number of nitrogen functional groups attached to an aromatic ring is 1. The Morgan fingerprint density at radius 2 is 2.00 bits per heavy atom. The van der Waals surface area contributed by atoms with Crippen molar-refractivity contribution in [3.63, 3.8) is 0 Å². The third-order valence-corrected chi connectivity index (χ3v) is 4.09. The van der Waals surface area contributed by atoms with Gasteiger partial charge in [-0.2, -0.15) is 0 Å². The normalized spacial score (nSPS) is 27.4. The van der Waals surface area contributed by atoms with Crippen molar-refractivity contribution >= 4 is 17.3 Å². The first-order valence-electron chi connectivity index (χ1n) is 6.63. The molecule has 1 amide bonds. The molecule has 1 aromatic rings. The molecule has 2 atom stereocenters. The first-order chi connectivity index (χ1) is 8.66. The summed E-state index contributed by atoms with van der Waals surface area (Å²) in [6.45, 7) is 0. The van der Waals surface area contributed by atoms with Crippen molar-refractivity contribution in [3.05, 3.63) is 23.8 Å². The van der Waals surface area contributed by atoms with Crippen molar-refractivity contribution in [2.24, 2.45) is 5.73 Å². The van der Waals surface area contributed by atoms with Crippen LogP contribution < -0.4 is 16.4 Å². The van der Waals surface area contributed by atoms with Crippen molar-refractivity contribution in [3.8, 4) is 0 Å². The van der Waals surface area contributed by atoms with E-state index in [4.69, 9.17) is 11.5 Å². The van der Waals surface area contributed by atoms with Gasteiger partial charge in [0.25, 0.3) is 0 Å². The second kappa shape index (κ2) is 4.28. The molecule has 4 N–H and O–H groups in total. The molecule has 2 unspecified atom stereocenters. The van der Waals surface area contributed by atoms with Crippen LogP contribution in [-0.4, -0.2) is 18.0 Å². The summed E-state index contributed by atoms with van der Waals surface area (Å²) in [7, 11) is 0. The number of benzene rings is 1. The summed E-state index contributed by atoms with van der Waals surface area (Å²) in [5.41, 5.74) is 14.7. The monoisotopic (exact) mass is 245 g/mol. The van der Waals surface area contributed by atoms with E-state index in [0.717, 1.165) is 36.2 Å². The Kier molecular flexibility index (Phi) is 2.74. The van der Waals surface area contributed by atoms with Gasteiger partial charge in [0.15, 0.2) is 0 Å². The Hall–Kier alpha value is -1.55. The smallest absolute Gasteiger partial charge is 0.231 e. The minimum absolute atomic E-state index is 0.103. The Bertz CT molecular complexity index is 486. The average molecular weight is 245 g/mol. The van der Waals surface area contributed by atoms with Gasteiger partial charge in [-0.25, -0.2) is 0 Å². The van der Waals surface area contributed by atoms with Gasteiger partial charge in [0, 0.05) is 17.4 Å². The standard InChI is InChI=1S/C14H19N3O/c15-10-5-6-12-9(7-10)8-14(18)17(12)13-4-2-1-3-11(13)16/h5-7,11,13H,1-4,8,15-16H2. The largest absolute Gasteiger partial charge is 0.399 e. The number of carbonyl (C=O) groups is 1. The highest BCUT2D eigenvalue weighted by molar-refractivity contribution is 6.02. The molecule has 0 bridgehead atoms. The van der Waals surface area contributed by atoms with Gasteiger partial charge in [0.1, 0.15) is 0 Å². The number of nitrogens with zero attached hydrogens (tertiary/aromatic N) is 1. The molecule has 4 nitrogen and oxygen atoms in total. The van der Waals surface area contributed by atoms with E-state index in [0.29, 0.717) is 6.42 Å². The lowest BCUT2D eigenvalue weighted by Crippen LogP contribution is -2.51. The Morgan fingerprint density at radius 1 is 1.22 bits per heavy atom. The summed E-state index contributed by atoms with van der Waals surface area (Å²) in [4.78, 5) is 14.1. The molecule has 0 spiro atoms. The molecule has 1 heterocycles. The van der Waals surface area contributed by atoms with Crippen LogP contribution in [0.2, 0.25) is 0 Å². The van der Waals surface area contributed by atoms with Gasteiger partial charge in [-0.05, 0) is 36.6 Å². The molecule has 1 saturated carbocycles. The number of anilines is 2. The van der Waals surface area contributed by atoms with Gasteiger partial charge in [0.2, 0.25) is 5.91 Å². The van der Waals surface area contributed by atoms with E-state index in [1.54, 1.807) is 0 Å². The first kappa shape index (κ1) is 11.5. The number of hydrogen-bond acceptors (Lipinski definition) is 3. The zero-order valence-corrected chi connectivity index (χ0v) is 10.4. The molecule has 18 heavy (non-hydrogen) atoms. The van der Waals surface area contributed by atoms with E-state index in [-0.39, 0.29) is 18.0 Å². The second-order valence-electron chi connectivity index (χ2n) is 5.34. The third kappa shape index (κ3) is 1.77. The minimum atomic E-state index is 0.103. The van der Waals surface area contributed by atoms with Crippen molar-refractivity contribution in [1.82, 2.24) is 0 Å². The number of nitrogens with two attached hydrogens (primary N) is 2. The summed E-state index contributed by atoms with van der Waals surface area (Å²) in [6, 6.07) is 5.99. The van der Waals surface area contributed by atoms with Gasteiger partial charge in [-0.3, -0.25) is 4.79 Å². The molecular weight excluding hydrogens is 226 g/mol. The maximum Gasteiger partial charge on any atom is 0.231 e. The minimum Gasteiger partial charge on any atom is -0.399 e. The molecule has 0 saturated heterocycles. The molecule has 0 aromatic heterocycles. The summed E-state index contributed by atoms with van der Waals surface area (Å²) in [5.74, 6) is 0.165. The average Bonchev–Trinajstić information content (AvgIpc) is 2.65. The van der Waals surface area contributed by atoms with Crippen molar-refractivity contribution in [2.45, 2.75) is 44.2 Å². The van der Waals surface area contributed by atoms with Crippen LogP contribution in [0.1, 0.15) is 31.2 Å². The fraction of sp³-hybridized carbons (Fsp3) is 0.500. The fourth-order valence-corrected chi connectivity index (χ4v) is 3.19. The molecule has 4 heteroatoms. The van der Waals surface area contributed by atoms with Gasteiger partial charge < -0.3 is 16.4 Å². The van der Waals surface area contributed by atoms with E-state index < -0.39 is 0 Å². The number of rotatable bonds is 1. The van der Waals surface area contributed by atoms with E-state index in [1.165, 1.54) is 6.42 Å². The van der Waals surface area contributed by atoms with Gasteiger partial charge in [0.05, 0.1) is 12.5 Å². The van der Waals surface area contributed by atoms with Crippen LogP contribution in [0.5, 0.6) is 0 Å². The van der Waals surface area contributed by atoms with Crippen LogP contribution in [0, 0.1) is 0 Å². The zero-order valence-electron chi connectivity index (χ0n) is 10.4. The van der Waals surface area contributed by atoms with Crippen LogP contribution in [0.25, 0.3) is 0 Å². The Morgan fingerprint density at radius 3 is 2.78 bits per heavy atom. The predicted molar refractivity (Wildman–Crippen MR) is 72.3 cm³/mol. The van der Waals surface area contributed by atoms with Crippen LogP contribution in [0.4, 0.5) is 11.4 Å². The molecule has 1 fully saturated rings. The molecule has 1 aromatic carbocycles. The SMILES string of the molecule is Nc1ccc2c(c1)CC(=O)N2C1CCCCC1N. The second-order valence-corrected chi connectivity index (χ2v) is 5.34. The molecule has 3 rings (SSSR count). The van der Waals surface area contributed by atoms with Gasteiger partial charge >= 0.3 is 0 Å². The van der Waals surface area contributed by atoms with Crippen LogP contribution >= 0.6 is 0 Å². The highest BCUT2D eigenvalue weighted by Gasteiger charge is 2.36. The van der Waals surface area contributed by atoms with Crippen molar-refractivity contribution in [1.29, 1.82) is 0 Å². The van der Waals surface area contributed by atoms with E-state index in [2.05, 4.69) is 0 Å². The van der Waals surface area contributed by atoms with Gasteiger partial charge in [-0.1, -0.05) is 12.8 Å². The lowest BCUT2D eigenvalue weighted by Gasteiger charge is -2.36. The van der Waals surface area contributed by atoms with E-state index >= 15 is 0 Å². The number of carbonyl (C=O) groups excluding carboxylic acids is 1. The number of hydrogen-bond donors (Lipinski definition) is 2. The van der Waals surface area contributed by atoms with Crippen LogP contribution in [0.15, 0.2) is 18.2 Å². The van der Waals surface area contributed by atoms with Crippen LogP contribution in [-0.2, 0) is 11.2 Å². The highest BCUT2D eigenvalue weighted by atomic mass is 16.2. The maximum atomic E-state index is 12.2. The summed E-state index contributed by atoms with van der Waals surface area (Å²) < 4.78 is 0. The van der Waals surface area contributed by atoms with Crippen molar-refractivity contribution < 1.29 is 4.79 Å². The molecule has 0 radical (unpaired) electrons.